The quantitative estimate of drug-likeness (QED) is 0.192. The van der Waals surface area contributed by atoms with Gasteiger partial charge in [-0.15, -0.1) is 0 Å². The van der Waals surface area contributed by atoms with Crippen LogP contribution >= 0.6 is 0 Å². The van der Waals surface area contributed by atoms with Crippen molar-refractivity contribution in [1.29, 1.82) is 0 Å². The molecule has 1 aromatic carbocycles. The van der Waals surface area contributed by atoms with Crippen LogP contribution in [-0.4, -0.2) is 56.2 Å². The summed E-state index contributed by atoms with van der Waals surface area (Å²) in [6.45, 7) is 7.89. The Morgan fingerprint density at radius 1 is 0.946 bits per heavy atom. The summed E-state index contributed by atoms with van der Waals surface area (Å²) < 4.78 is 10.2. The van der Waals surface area contributed by atoms with E-state index in [2.05, 4.69) is 27.5 Å². The van der Waals surface area contributed by atoms with E-state index >= 15 is 0 Å². The molecule has 10 nitrogen and oxygen atoms in total. The van der Waals surface area contributed by atoms with Crippen molar-refractivity contribution in [3.8, 4) is 11.3 Å². The molecular formula is C27H32N4O6. The molecule has 10 heteroatoms. The van der Waals surface area contributed by atoms with Crippen molar-refractivity contribution in [1.82, 2.24) is 5.16 Å². The maximum atomic E-state index is 12.4. The number of hydrogen-bond acceptors (Lipinski definition) is 10. The fraction of sp³-hybridized carbons (Fsp3) is 0.370. The minimum absolute atomic E-state index is 0.125. The lowest BCUT2D eigenvalue weighted by molar-refractivity contribution is -0.132. The summed E-state index contributed by atoms with van der Waals surface area (Å²) in [5.41, 5.74) is 7.60. The molecule has 0 spiro atoms. The van der Waals surface area contributed by atoms with Crippen LogP contribution in [0.1, 0.15) is 44.9 Å². The number of nitrogens with zero attached hydrogens (tertiary/aromatic N) is 4. The molecule has 0 saturated carbocycles. The van der Waals surface area contributed by atoms with Gasteiger partial charge in [-0.05, 0) is 51.7 Å². The highest BCUT2D eigenvalue weighted by molar-refractivity contribution is 6.47. The topological polar surface area (TPSA) is 117 Å². The van der Waals surface area contributed by atoms with Gasteiger partial charge in [-0.1, -0.05) is 56.0 Å². The van der Waals surface area contributed by atoms with Crippen molar-refractivity contribution in [2.24, 2.45) is 15.5 Å². The summed E-state index contributed by atoms with van der Waals surface area (Å²) in [6, 6.07) is 9.48. The lowest BCUT2D eigenvalue weighted by Crippen LogP contribution is -2.23. The van der Waals surface area contributed by atoms with Crippen molar-refractivity contribution < 1.29 is 28.6 Å². The minimum Gasteiger partial charge on any atom is -0.464 e. The number of rotatable bonds is 10. The highest BCUT2D eigenvalue weighted by Crippen LogP contribution is 2.31. The number of oxime groups is 3. The predicted molar refractivity (Wildman–Crippen MR) is 140 cm³/mol. The normalized spacial score (nSPS) is 15.2. The maximum Gasteiger partial charge on any atom is 0.360 e. The first-order chi connectivity index (χ1) is 17.8. The summed E-state index contributed by atoms with van der Waals surface area (Å²) >= 11 is 0. The predicted octanol–water partition coefficient (Wildman–Crippen LogP) is 5.00. The maximum absolute atomic E-state index is 12.4. The molecule has 0 fully saturated rings. The molecule has 0 amide bonds. The van der Waals surface area contributed by atoms with E-state index in [4.69, 9.17) is 23.8 Å². The number of aromatic nitrogens is 1. The van der Waals surface area contributed by atoms with Gasteiger partial charge in [0, 0.05) is 17.2 Å². The number of methoxy groups -OCH3 is 1. The van der Waals surface area contributed by atoms with E-state index in [0.717, 1.165) is 28.0 Å². The van der Waals surface area contributed by atoms with Crippen LogP contribution in [0.4, 0.5) is 0 Å². The van der Waals surface area contributed by atoms with Crippen molar-refractivity contribution in [2.75, 3.05) is 27.9 Å². The Kier molecular flexibility index (Phi) is 9.37. The fourth-order valence-electron chi connectivity index (χ4n) is 3.87. The van der Waals surface area contributed by atoms with Crippen LogP contribution in [0.15, 0.2) is 72.6 Å². The van der Waals surface area contributed by atoms with Crippen molar-refractivity contribution in [3.63, 3.8) is 0 Å². The van der Waals surface area contributed by atoms with Crippen LogP contribution in [0.25, 0.3) is 11.3 Å². The lowest BCUT2D eigenvalue weighted by Gasteiger charge is -2.22. The second-order valence-corrected chi connectivity index (χ2v) is 8.59. The molecular weight excluding hydrogens is 476 g/mol. The van der Waals surface area contributed by atoms with E-state index in [-0.39, 0.29) is 12.3 Å². The molecule has 0 atom stereocenters. The first-order valence-corrected chi connectivity index (χ1v) is 11.7. The zero-order chi connectivity index (χ0) is 26.9. The highest BCUT2D eigenvalue weighted by atomic mass is 16.6. The zero-order valence-electron chi connectivity index (χ0n) is 22.2. The third-order valence-corrected chi connectivity index (χ3v) is 5.96. The lowest BCUT2D eigenvalue weighted by atomic mass is 9.85. The summed E-state index contributed by atoms with van der Waals surface area (Å²) in [6.07, 6.45) is 1.16. The number of ether oxygens (including phenoxy) is 1. The Labute approximate surface area is 216 Å². The van der Waals surface area contributed by atoms with Gasteiger partial charge in [-0.2, -0.15) is 0 Å². The average Bonchev–Trinajstić information content (AvgIpc) is 3.33. The van der Waals surface area contributed by atoms with Crippen LogP contribution in [0.2, 0.25) is 0 Å². The Balaban J connectivity index is 1.82. The molecule has 0 bridgehead atoms. The van der Waals surface area contributed by atoms with Gasteiger partial charge in [0.25, 0.3) is 0 Å². The molecule has 0 aliphatic heterocycles. The molecule has 196 valence electrons. The number of benzene rings is 1. The standard InChI is InChI=1S/C27H32N4O6/c1-16-12-22(23(13-17(16)2)26(31-35-7)27(32)33-5)15-36-29-19(4)25(30-34-6)21-10-8-20(9-11-21)24-14-18(3)28-37-24/h8-11,14H,12-13,15H2,1-7H3. The fourth-order valence-corrected chi connectivity index (χ4v) is 3.87. The van der Waals surface area contributed by atoms with Gasteiger partial charge in [0.05, 0.1) is 12.8 Å². The Morgan fingerprint density at radius 2 is 1.59 bits per heavy atom. The number of aryl methyl sites for hydroxylation is 1. The second-order valence-electron chi connectivity index (χ2n) is 8.59. The molecule has 3 rings (SSSR count). The van der Waals surface area contributed by atoms with Crippen LogP contribution in [0.5, 0.6) is 0 Å². The van der Waals surface area contributed by atoms with Crippen molar-refractivity contribution >= 4 is 23.1 Å². The van der Waals surface area contributed by atoms with Crippen LogP contribution in [0.3, 0.4) is 0 Å². The van der Waals surface area contributed by atoms with Crippen molar-refractivity contribution in [3.05, 3.63) is 63.9 Å². The third kappa shape index (κ3) is 6.72. The van der Waals surface area contributed by atoms with Gasteiger partial charge in [-0.25, -0.2) is 4.79 Å². The summed E-state index contributed by atoms with van der Waals surface area (Å²) in [7, 11) is 4.17. The zero-order valence-corrected chi connectivity index (χ0v) is 22.2. The van der Waals surface area contributed by atoms with Gasteiger partial charge in [0.15, 0.2) is 11.5 Å². The SMILES string of the molecule is CON=C(C(=O)OC)C1=C(CON=C(C)C(=NOC)c2ccc(-c3cc(C)no3)cc2)CC(C)=C(C)C1. The molecule has 1 aliphatic rings. The third-order valence-electron chi connectivity index (χ3n) is 5.96. The largest absolute Gasteiger partial charge is 0.464 e. The number of carbonyl (C=O) groups is 1. The van der Waals surface area contributed by atoms with Gasteiger partial charge in [0.1, 0.15) is 32.2 Å². The molecule has 0 radical (unpaired) electrons. The summed E-state index contributed by atoms with van der Waals surface area (Å²) in [5, 5.41) is 16.3. The van der Waals surface area contributed by atoms with Crippen molar-refractivity contribution in [2.45, 2.75) is 40.5 Å². The Bertz CT molecular complexity index is 1280. The summed E-state index contributed by atoms with van der Waals surface area (Å²) in [5.74, 6) is 0.113. The number of allylic oxidation sites excluding steroid dienone is 2. The monoisotopic (exact) mass is 508 g/mol. The van der Waals surface area contributed by atoms with Gasteiger partial charge in [-0.3, -0.25) is 0 Å². The first kappa shape index (κ1) is 27.4. The molecule has 37 heavy (non-hydrogen) atoms. The Morgan fingerprint density at radius 3 is 2.19 bits per heavy atom. The van der Waals surface area contributed by atoms with E-state index in [1.165, 1.54) is 26.9 Å². The average molecular weight is 509 g/mol. The van der Waals surface area contributed by atoms with E-state index in [1.54, 1.807) is 6.92 Å². The second kappa shape index (κ2) is 12.7. The van der Waals surface area contributed by atoms with Gasteiger partial charge < -0.3 is 23.8 Å². The number of hydrogen-bond donors (Lipinski definition) is 0. The first-order valence-electron chi connectivity index (χ1n) is 11.7. The van der Waals surface area contributed by atoms with Crippen LogP contribution in [-0.2, 0) is 24.0 Å². The van der Waals surface area contributed by atoms with E-state index in [9.17, 15) is 4.79 Å². The minimum atomic E-state index is -0.570. The molecule has 0 saturated heterocycles. The van der Waals surface area contributed by atoms with Crippen LogP contribution < -0.4 is 0 Å². The van der Waals surface area contributed by atoms with E-state index in [0.29, 0.717) is 35.6 Å². The molecule has 1 aromatic heterocycles. The molecule has 2 aromatic rings. The molecule has 0 unspecified atom stereocenters. The number of esters is 1. The molecule has 1 aliphatic carbocycles. The van der Waals surface area contributed by atoms with E-state index < -0.39 is 5.97 Å². The van der Waals surface area contributed by atoms with Gasteiger partial charge in [0.2, 0.25) is 0 Å². The van der Waals surface area contributed by atoms with Crippen LogP contribution in [0, 0.1) is 6.92 Å². The number of carbonyl (C=O) groups excluding carboxylic acids is 1. The smallest absolute Gasteiger partial charge is 0.360 e. The highest BCUT2D eigenvalue weighted by Gasteiger charge is 2.26. The summed E-state index contributed by atoms with van der Waals surface area (Å²) in [4.78, 5) is 28.1. The Hall–Kier alpha value is -4.21. The van der Waals surface area contributed by atoms with Gasteiger partial charge >= 0.3 is 5.97 Å². The molecule has 0 N–H and O–H groups in total. The van der Waals surface area contributed by atoms with E-state index in [1.807, 2.05) is 44.2 Å². The molecule has 1 heterocycles.